The molecule has 0 spiro atoms. The fourth-order valence-electron chi connectivity index (χ4n) is 4.33. The van der Waals surface area contributed by atoms with E-state index in [9.17, 15) is 8.94 Å². The molecule has 0 aromatic heterocycles. The van der Waals surface area contributed by atoms with Gasteiger partial charge < -0.3 is 9.87 Å². The Bertz CT molecular complexity index is 892. The number of hydrogen-bond donors (Lipinski definition) is 2. The standard InChI is InChI=1S/C20H20ClF3N2OS/c1-28(27)26-19-17(25-15-9-20(19,24)10-15)7-12-6-14(22)8-16(18(12)23)11-3-2-4-13(21)5-11/h2-6,8,15,17,19,25-26H,7,9-10H2,1H3/t15?,17-,19+,20?,28?/m0/s1. The number of benzene rings is 2. The van der Waals surface area contributed by atoms with E-state index in [2.05, 4.69) is 10.0 Å². The molecule has 1 unspecified atom stereocenters. The predicted octanol–water partition coefficient (Wildman–Crippen LogP) is 3.92. The van der Waals surface area contributed by atoms with Gasteiger partial charge in [-0.1, -0.05) is 23.7 Å². The molecule has 2 aliphatic heterocycles. The number of piperidine rings is 2. The quantitative estimate of drug-likeness (QED) is 0.709. The average molecular weight is 429 g/mol. The number of alkyl halides is 1. The average Bonchev–Trinajstić information content (AvgIpc) is 2.59. The monoisotopic (exact) mass is 428 g/mol. The zero-order chi connectivity index (χ0) is 20.1. The van der Waals surface area contributed by atoms with Crippen molar-refractivity contribution in [1.29, 1.82) is 0 Å². The molecule has 2 heterocycles. The van der Waals surface area contributed by atoms with Crippen molar-refractivity contribution in [2.45, 2.75) is 43.1 Å². The Morgan fingerprint density at radius 1 is 1.29 bits per heavy atom. The summed E-state index contributed by atoms with van der Waals surface area (Å²) in [6.07, 6.45) is 2.18. The molecule has 28 heavy (non-hydrogen) atoms. The zero-order valence-electron chi connectivity index (χ0n) is 15.1. The summed E-state index contributed by atoms with van der Waals surface area (Å²) in [6.45, 7) is 0. The highest BCUT2D eigenvalue weighted by Crippen LogP contribution is 2.45. The molecule has 3 fully saturated rings. The molecule has 1 aliphatic carbocycles. The van der Waals surface area contributed by atoms with E-state index >= 15 is 8.78 Å². The molecule has 0 amide bonds. The van der Waals surface area contributed by atoms with Crippen LogP contribution in [0.1, 0.15) is 18.4 Å². The van der Waals surface area contributed by atoms with E-state index in [4.69, 9.17) is 11.6 Å². The zero-order valence-corrected chi connectivity index (χ0v) is 16.7. The second kappa shape index (κ2) is 7.54. The first-order valence-electron chi connectivity index (χ1n) is 9.03. The summed E-state index contributed by atoms with van der Waals surface area (Å²) in [5.74, 6) is -1.14. The van der Waals surface area contributed by atoms with Gasteiger partial charge in [0.2, 0.25) is 0 Å². The maximum Gasteiger partial charge on any atom is 0.135 e. The van der Waals surface area contributed by atoms with Gasteiger partial charge in [0.15, 0.2) is 0 Å². The van der Waals surface area contributed by atoms with Crippen molar-refractivity contribution in [2.75, 3.05) is 6.26 Å². The topological polar surface area (TPSA) is 47.1 Å². The SMILES string of the molecule is C[S+]([O-])N[C@@H]1[C@H](Cc2cc(F)cc(-c3cccc(Cl)c3)c2F)NC2CC1(F)C2. The number of hydrogen-bond acceptors (Lipinski definition) is 3. The molecule has 2 bridgehead atoms. The van der Waals surface area contributed by atoms with Crippen LogP contribution in [0.15, 0.2) is 36.4 Å². The summed E-state index contributed by atoms with van der Waals surface area (Å²) in [5.41, 5.74) is -0.758. The van der Waals surface area contributed by atoms with Crippen LogP contribution in [0.5, 0.6) is 0 Å². The van der Waals surface area contributed by atoms with Crippen molar-refractivity contribution < 1.29 is 17.7 Å². The van der Waals surface area contributed by atoms with Gasteiger partial charge in [0, 0.05) is 34.0 Å². The fraction of sp³-hybridized carbons (Fsp3) is 0.400. The van der Waals surface area contributed by atoms with Crippen molar-refractivity contribution in [3.63, 3.8) is 0 Å². The van der Waals surface area contributed by atoms with Crippen LogP contribution in [0.25, 0.3) is 11.1 Å². The smallest absolute Gasteiger partial charge is 0.135 e. The van der Waals surface area contributed by atoms with Gasteiger partial charge in [-0.25, -0.2) is 13.2 Å². The number of nitrogens with one attached hydrogen (secondary N) is 2. The van der Waals surface area contributed by atoms with Crippen molar-refractivity contribution >= 4 is 23.0 Å². The molecule has 2 aromatic carbocycles. The lowest BCUT2D eigenvalue weighted by Gasteiger charge is -2.55. The first-order valence-corrected chi connectivity index (χ1v) is 11.0. The highest BCUT2D eigenvalue weighted by molar-refractivity contribution is 7.88. The molecule has 5 rings (SSSR count). The van der Waals surface area contributed by atoms with Crippen molar-refractivity contribution in [2.24, 2.45) is 0 Å². The normalized spacial score (nSPS) is 30.0. The second-order valence-corrected chi connectivity index (χ2v) is 9.18. The Morgan fingerprint density at radius 2 is 2.04 bits per heavy atom. The van der Waals surface area contributed by atoms with Gasteiger partial charge in [0.05, 0.1) is 0 Å². The number of fused-ring (bicyclic) bond motifs is 2. The van der Waals surface area contributed by atoms with Gasteiger partial charge in [-0.15, -0.1) is 4.72 Å². The predicted molar refractivity (Wildman–Crippen MR) is 105 cm³/mol. The summed E-state index contributed by atoms with van der Waals surface area (Å²) in [7, 11) is 0. The Morgan fingerprint density at radius 3 is 2.71 bits per heavy atom. The van der Waals surface area contributed by atoms with E-state index in [0.29, 0.717) is 23.4 Å². The van der Waals surface area contributed by atoms with Crippen LogP contribution in [0, 0.1) is 11.6 Å². The van der Waals surface area contributed by atoms with Crippen LogP contribution < -0.4 is 10.0 Å². The lowest BCUT2D eigenvalue weighted by Crippen LogP contribution is -2.75. The largest absolute Gasteiger partial charge is 0.598 e. The van der Waals surface area contributed by atoms with E-state index in [0.717, 1.165) is 12.1 Å². The molecule has 3 aliphatic rings. The molecular weight excluding hydrogens is 409 g/mol. The minimum Gasteiger partial charge on any atom is -0.598 e. The molecule has 3 nitrogen and oxygen atoms in total. The van der Waals surface area contributed by atoms with Crippen LogP contribution in [-0.2, 0) is 17.8 Å². The highest BCUT2D eigenvalue weighted by Gasteiger charge is 2.59. The molecule has 2 aromatic rings. The minimum absolute atomic E-state index is 0.00219. The Hall–Kier alpha value is -1.25. The Kier molecular flexibility index (Phi) is 5.39. The Labute approximate surface area is 170 Å². The van der Waals surface area contributed by atoms with E-state index in [1.807, 2.05) is 0 Å². The van der Waals surface area contributed by atoms with Gasteiger partial charge in [-0.2, -0.15) is 0 Å². The third-order valence-electron chi connectivity index (χ3n) is 5.56. The lowest BCUT2D eigenvalue weighted by atomic mass is 9.65. The van der Waals surface area contributed by atoms with Gasteiger partial charge in [-0.05, 0) is 54.7 Å². The van der Waals surface area contributed by atoms with Gasteiger partial charge in [0.1, 0.15) is 29.6 Å². The number of rotatable bonds is 5. The van der Waals surface area contributed by atoms with Crippen molar-refractivity contribution in [3.8, 4) is 11.1 Å². The summed E-state index contributed by atoms with van der Waals surface area (Å²) in [4.78, 5) is 0. The van der Waals surface area contributed by atoms with Gasteiger partial charge in [0.25, 0.3) is 0 Å². The fourth-order valence-corrected chi connectivity index (χ4v) is 5.25. The molecule has 1 saturated carbocycles. The first kappa shape index (κ1) is 20.0. The molecular formula is C20H20ClF3N2OS. The summed E-state index contributed by atoms with van der Waals surface area (Å²) >= 11 is 4.56. The molecule has 8 heteroatoms. The third-order valence-corrected chi connectivity index (χ3v) is 6.38. The Balaban J connectivity index is 1.66. The molecule has 0 radical (unpaired) electrons. The lowest BCUT2D eigenvalue weighted by molar-refractivity contribution is -0.0567. The van der Waals surface area contributed by atoms with Crippen LogP contribution in [-0.4, -0.2) is 34.6 Å². The van der Waals surface area contributed by atoms with Gasteiger partial charge >= 0.3 is 0 Å². The van der Waals surface area contributed by atoms with E-state index in [1.165, 1.54) is 6.26 Å². The number of halogens is 4. The van der Waals surface area contributed by atoms with E-state index < -0.39 is 40.7 Å². The van der Waals surface area contributed by atoms with Crippen LogP contribution in [0.3, 0.4) is 0 Å². The minimum atomic E-state index is -1.48. The molecule has 3 atom stereocenters. The van der Waals surface area contributed by atoms with Crippen LogP contribution in [0.4, 0.5) is 13.2 Å². The third kappa shape index (κ3) is 3.78. The molecule has 150 valence electrons. The second-order valence-electron chi connectivity index (χ2n) is 7.60. The first-order chi connectivity index (χ1) is 13.2. The van der Waals surface area contributed by atoms with E-state index in [1.54, 1.807) is 24.3 Å². The molecule has 2 N–H and O–H groups in total. The maximum atomic E-state index is 15.2. The highest BCUT2D eigenvalue weighted by atomic mass is 35.5. The molecule has 2 saturated heterocycles. The van der Waals surface area contributed by atoms with Crippen LogP contribution in [0.2, 0.25) is 5.02 Å². The maximum absolute atomic E-state index is 15.2. The summed E-state index contributed by atoms with van der Waals surface area (Å²) in [5, 5.41) is 3.70. The van der Waals surface area contributed by atoms with Gasteiger partial charge in [-0.3, -0.25) is 0 Å². The van der Waals surface area contributed by atoms with Crippen molar-refractivity contribution in [1.82, 2.24) is 10.0 Å². The van der Waals surface area contributed by atoms with Crippen LogP contribution >= 0.6 is 11.6 Å². The summed E-state index contributed by atoms with van der Waals surface area (Å²) in [6, 6.07) is 7.58. The van der Waals surface area contributed by atoms with Crippen molar-refractivity contribution in [3.05, 3.63) is 58.6 Å². The summed E-state index contributed by atoms with van der Waals surface area (Å²) < 4.78 is 59.0. The van der Waals surface area contributed by atoms with E-state index in [-0.39, 0.29) is 23.6 Å².